The van der Waals surface area contributed by atoms with Crippen LogP contribution in [0.1, 0.15) is 24.6 Å². The summed E-state index contributed by atoms with van der Waals surface area (Å²) in [5.41, 5.74) is -0.809. The maximum Gasteiger partial charge on any atom is 0.416 e. The number of aryl methyl sites for hydroxylation is 1. The number of rotatable bonds is 4. The Kier molecular flexibility index (Phi) is 6.24. The van der Waals surface area contributed by atoms with Crippen molar-refractivity contribution in [2.45, 2.75) is 38.6 Å². The topological polar surface area (TPSA) is 73.7 Å². The number of carbonyl (C=O) groups is 2. The highest BCUT2D eigenvalue weighted by atomic mass is 35.5. The minimum Gasteiger partial charge on any atom is -0.383 e. The molecule has 0 saturated carbocycles. The molecule has 6 nitrogen and oxygen atoms in total. The highest BCUT2D eigenvalue weighted by Gasteiger charge is 2.46. The predicted molar refractivity (Wildman–Crippen MR) is 105 cm³/mol. The van der Waals surface area contributed by atoms with Crippen LogP contribution < -0.4 is 9.80 Å². The van der Waals surface area contributed by atoms with E-state index in [1.807, 2.05) is 0 Å². The lowest BCUT2D eigenvalue weighted by Gasteiger charge is -2.29. The molecule has 31 heavy (non-hydrogen) atoms. The molecule has 1 aliphatic heterocycles. The van der Waals surface area contributed by atoms with Crippen LogP contribution in [0.15, 0.2) is 30.3 Å². The van der Waals surface area contributed by atoms with E-state index < -0.39 is 41.5 Å². The molecule has 1 N–H and O–H groups in total. The van der Waals surface area contributed by atoms with Crippen LogP contribution in [-0.4, -0.2) is 40.6 Å². The van der Waals surface area contributed by atoms with Crippen LogP contribution in [0, 0.1) is 12.7 Å². The summed E-state index contributed by atoms with van der Waals surface area (Å²) >= 11 is 5.79. The lowest BCUT2D eigenvalue weighted by molar-refractivity contribution is -0.137. The molecule has 1 aromatic carbocycles. The Hall–Kier alpha value is -2.72. The third kappa shape index (κ3) is 4.49. The zero-order valence-corrected chi connectivity index (χ0v) is 17.2. The van der Waals surface area contributed by atoms with Crippen molar-refractivity contribution in [3.63, 3.8) is 0 Å². The number of pyridine rings is 1. The molecule has 166 valence electrons. The molecule has 2 atom stereocenters. The van der Waals surface area contributed by atoms with Gasteiger partial charge in [0.1, 0.15) is 23.8 Å². The molecule has 2 amide bonds. The molecule has 1 aliphatic rings. The van der Waals surface area contributed by atoms with Crippen LogP contribution in [0.4, 0.5) is 29.1 Å². The van der Waals surface area contributed by atoms with Crippen molar-refractivity contribution in [2.24, 2.45) is 0 Å². The number of anilines is 2. The van der Waals surface area contributed by atoms with E-state index in [-0.39, 0.29) is 35.2 Å². The average Bonchev–Trinajstić information content (AvgIpc) is 2.98. The second kappa shape index (κ2) is 8.43. The quantitative estimate of drug-likeness (QED) is 0.707. The van der Waals surface area contributed by atoms with Crippen LogP contribution in [0.3, 0.4) is 0 Å². The number of amides is 2. The fourth-order valence-electron chi connectivity index (χ4n) is 3.45. The van der Waals surface area contributed by atoms with Gasteiger partial charge >= 0.3 is 6.18 Å². The minimum absolute atomic E-state index is 0.0112. The van der Waals surface area contributed by atoms with E-state index in [2.05, 4.69) is 4.98 Å². The Balaban J connectivity index is 2.03. The van der Waals surface area contributed by atoms with E-state index in [1.165, 1.54) is 24.0 Å². The van der Waals surface area contributed by atoms with E-state index in [0.717, 1.165) is 17.0 Å². The Morgan fingerprint density at radius 2 is 2.00 bits per heavy atom. The van der Waals surface area contributed by atoms with Crippen LogP contribution >= 0.6 is 11.6 Å². The monoisotopic (exact) mass is 459 g/mol. The lowest BCUT2D eigenvalue weighted by atomic mass is 10.1. The SMILES string of the molecule is CCN(C(=O)[C@@H]1C[C@H](O)C(=O)N1c1cc(C(F)(F)F)cc(C)n1)c1ccc(F)c(Cl)c1. The molecule has 1 aromatic heterocycles. The summed E-state index contributed by atoms with van der Waals surface area (Å²) in [5, 5.41) is 9.85. The third-order valence-electron chi connectivity index (χ3n) is 4.88. The number of aromatic nitrogens is 1. The second-order valence-corrected chi connectivity index (χ2v) is 7.42. The smallest absolute Gasteiger partial charge is 0.383 e. The van der Waals surface area contributed by atoms with Gasteiger partial charge in [0, 0.05) is 24.3 Å². The Labute approximate surface area is 180 Å². The van der Waals surface area contributed by atoms with Gasteiger partial charge < -0.3 is 10.0 Å². The lowest BCUT2D eigenvalue weighted by Crippen LogP contribution is -2.47. The van der Waals surface area contributed by atoms with Gasteiger partial charge in [-0.1, -0.05) is 11.6 Å². The van der Waals surface area contributed by atoms with Crippen molar-refractivity contribution >= 4 is 34.9 Å². The number of likely N-dealkylation sites (N-methyl/N-ethyl adjacent to an activating group) is 1. The van der Waals surface area contributed by atoms with Gasteiger partial charge in [-0.15, -0.1) is 0 Å². The Morgan fingerprint density at radius 3 is 2.58 bits per heavy atom. The van der Waals surface area contributed by atoms with Gasteiger partial charge in [-0.25, -0.2) is 9.37 Å². The maximum atomic E-state index is 13.5. The molecule has 1 fully saturated rings. The summed E-state index contributed by atoms with van der Waals surface area (Å²) < 4.78 is 53.2. The van der Waals surface area contributed by atoms with Gasteiger partial charge in [-0.05, 0) is 44.2 Å². The van der Waals surface area contributed by atoms with Gasteiger partial charge in [0.2, 0.25) is 5.91 Å². The molecular weight excluding hydrogens is 442 g/mol. The number of aliphatic hydroxyl groups is 1. The number of nitrogens with zero attached hydrogens (tertiary/aromatic N) is 3. The molecule has 2 aromatic rings. The van der Waals surface area contributed by atoms with Gasteiger partial charge in [-0.2, -0.15) is 13.2 Å². The van der Waals surface area contributed by atoms with E-state index in [9.17, 15) is 32.3 Å². The minimum atomic E-state index is -4.69. The van der Waals surface area contributed by atoms with E-state index in [4.69, 9.17) is 11.6 Å². The second-order valence-electron chi connectivity index (χ2n) is 7.01. The summed E-state index contributed by atoms with van der Waals surface area (Å²) in [4.78, 5) is 31.8. The molecule has 3 rings (SSSR count). The Morgan fingerprint density at radius 1 is 1.32 bits per heavy atom. The molecule has 1 saturated heterocycles. The molecule has 2 heterocycles. The number of aliphatic hydroxyl groups excluding tert-OH is 1. The summed E-state index contributed by atoms with van der Waals surface area (Å²) in [6.07, 6.45) is -6.61. The first kappa shape index (κ1) is 23.0. The maximum absolute atomic E-state index is 13.5. The number of alkyl halides is 3. The fourth-order valence-corrected chi connectivity index (χ4v) is 3.63. The zero-order chi connectivity index (χ0) is 23.1. The normalized spacial score (nSPS) is 19.1. The number of hydrogen-bond acceptors (Lipinski definition) is 4. The molecule has 0 radical (unpaired) electrons. The molecule has 0 unspecified atom stereocenters. The van der Waals surface area contributed by atoms with Crippen LogP contribution in [0.2, 0.25) is 5.02 Å². The molecular formula is C20H18ClF4N3O3. The van der Waals surface area contributed by atoms with Gasteiger partial charge in [0.05, 0.1) is 10.6 Å². The van der Waals surface area contributed by atoms with Crippen LogP contribution in [0.5, 0.6) is 0 Å². The fraction of sp³-hybridized carbons (Fsp3) is 0.350. The first-order valence-corrected chi connectivity index (χ1v) is 9.65. The van der Waals surface area contributed by atoms with E-state index in [0.29, 0.717) is 6.07 Å². The van der Waals surface area contributed by atoms with Gasteiger partial charge in [0.15, 0.2) is 0 Å². The van der Waals surface area contributed by atoms with Crippen molar-refractivity contribution in [1.82, 2.24) is 4.98 Å². The molecule has 11 heteroatoms. The van der Waals surface area contributed by atoms with E-state index in [1.54, 1.807) is 6.92 Å². The first-order chi connectivity index (χ1) is 14.4. The molecule has 0 aliphatic carbocycles. The van der Waals surface area contributed by atoms with Crippen molar-refractivity contribution < 1.29 is 32.3 Å². The Bertz CT molecular complexity index is 1030. The number of benzene rings is 1. The van der Waals surface area contributed by atoms with Gasteiger partial charge in [-0.3, -0.25) is 14.5 Å². The third-order valence-corrected chi connectivity index (χ3v) is 5.17. The van der Waals surface area contributed by atoms with Crippen LogP contribution in [0.25, 0.3) is 0 Å². The largest absolute Gasteiger partial charge is 0.416 e. The zero-order valence-electron chi connectivity index (χ0n) is 16.5. The summed E-state index contributed by atoms with van der Waals surface area (Å²) in [7, 11) is 0. The number of carbonyl (C=O) groups excluding carboxylic acids is 2. The van der Waals surface area contributed by atoms with Crippen molar-refractivity contribution in [2.75, 3.05) is 16.3 Å². The van der Waals surface area contributed by atoms with Crippen LogP contribution in [-0.2, 0) is 15.8 Å². The number of halogens is 5. The van der Waals surface area contributed by atoms with Crippen molar-refractivity contribution in [3.8, 4) is 0 Å². The number of hydrogen-bond donors (Lipinski definition) is 1. The summed E-state index contributed by atoms with van der Waals surface area (Å²) in [6, 6.07) is 3.78. The standard InChI is InChI=1S/C20H18ClF4N3O3/c1-3-27(12-4-5-14(22)13(21)8-12)18(30)15-9-16(29)19(31)28(15)17-7-11(20(23,24)25)6-10(2)26-17/h4-8,15-16,29H,3,9H2,1-2H3/t15-,16-/m0/s1. The van der Waals surface area contributed by atoms with Crippen molar-refractivity contribution in [1.29, 1.82) is 0 Å². The van der Waals surface area contributed by atoms with E-state index >= 15 is 0 Å². The van der Waals surface area contributed by atoms with Crippen molar-refractivity contribution in [3.05, 3.63) is 52.4 Å². The van der Waals surface area contributed by atoms with Gasteiger partial charge in [0.25, 0.3) is 5.91 Å². The highest BCUT2D eigenvalue weighted by molar-refractivity contribution is 6.31. The predicted octanol–water partition coefficient (Wildman–Crippen LogP) is 3.72. The molecule has 0 spiro atoms. The molecule has 0 bridgehead atoms. The first-order valence-electron chi connectivity index (χ1n) is 9.27. The average molecular weight is 460 g/mol. The summed E-state index contributed by atoms with van der Waals surface area (Å²) in [5.74, 6) is -2.68. The highest BCUT2D eigenvalue weighted by Crippen LogP contribution is 2.35. The summed E-state index contributed by atoms with van der Waals surface area (Å²) in [6.45, 7) is 3.05.